The molecule has 0 aliphatic rings. The largest absolute Gasteiger partial charge is 0.450 e. The summed E-state index contributed by atoms with van der Waals surface area (Å²) in [4.78, 5) is 55.6. The number of hydrogen-bond donors (Lipinski definition) is 3. The minimum Gasteiger partial charge on any atom is -0.450 e. The van der Waals surface area contributed by atoms with Gasteiger partial charge in [0.2, 0.25) is 0 Å². The van der Waals surface area contributed by atoms with Crippen LogP contribution in [0.15, 0.2) is 15.7 Å². The number of nitrogens with zero attached hydrogens (tertiary/aromatic N) is 2. The molecule has 2 aromatic rings. The molecular formula is C19H27N5O5. The summed E-state index contributed by atoms with van der Waals surface area (Å²) in [5.41, 5.74) is -0.276. The number of carbonyl (C=O) groups excluding carboxylic acids is 2. The van der Waals surface area contributed by atoms with Gasteiger partial charge in [0.15, 0.2) is 5.65 Å². The number of fused-ring (bicyclic) bond motifs is 1. The summed E-state index contributed by atoms with van der Waals surface area (Å²) in [5, 5.41) is 5.24. The maximum absolute atomic E-state index is 12.8. The van der Waals surface area contributed by atoms with Crippen molar-refractivity contribution in [1.82, 2.24) is 25.2 Å². The summed E-state index contributed by atoms with van der Waals surface area (Å²) in [6, 6.07) is 1.57. The van der Waals surface area contributed by atoms with Gasteiger partial charge in [-0.05, 0) is 25.3 Å². The van der Waals surface area contributed by atoms with Crippen LogP contribution >= 0.6 is 0 Å². The lowest BCUT2D eigenvalue weighted by Gasteiger charge is -2.14. The van der Waals surface area contributed by atoms with Crippen LogP contribution in [-0.2, 0) is 11.3 Å². The van der Waals surface area contributed by atoms with Crippen molar-refractivity contribution in [1.29, 1.82) is 0 Å². The molecular weight excluding hydrogens is 378 g/mol. The van der Waals surface area contributed by atoms with Crippen LogP contribution in [-0.4, -0.2) is 46.2 Å². The molecule has 0 spiro atoms. The first kappa shape index (κ1) is 22.1. The van der Waals surface area contributed by atoms with Crippen molar-refractivity contribution < 1.29 is 14.3 Å². The Hall–Kier alpha value is -3.17. The van der Waals surface area contributed by atoms with Gasteiger partial charge < -0.3 is 15.4 Å². The van der Waals surface area contributed by atoms with Crippen LogP contribution < -0.4 is 21.9 Å². The average molecular weight is 405 g/mol. The van der Waals surface area contributed by atoms with Crippen molar-refractivity contribution in [2.75, 3.05) is 19.7 Å². The molecule has 0 fully saturated rings. The Morgan fingerprint density at radius 2 is 1.90 bits per heavy atom. The highest BCUT2D eigenvalue weighted by Gasteiger charge is 2.20. The van der Waals surface area contributed by atoms with Gasteiger partial charge in [-0.3, -0.25) is 19.1 Å². The van der Waals surface area contributed by atoms with Crippen LogP contribution in [0.3, 0.4) is 0 Å². The molecule has 2 heterocycles. The molecule has 2 aromatic heterocycles. The van der Waals surface area contributed by atoms with E-state index in [1.807, 2.05) is 20.8 Å². The number of ether oxygens (including phenoxy) is 1. The highest BCUT2D eigenvalue weighted by molar-refractivity contribution is 6.05. The van der Waals surface area contributed by atoms with Crippen LogP contribution in [0, 0.1) is 0 Å². The van der Waals surface area contributed by atoms with Gasteiger partial charge in [0.1, 0.15) is 0 Å². The molecule has 0 aliphatic carbocycles. The summed E-state index contributed by atoms with van der Waals surface area (Å²) in [6.45, 7) is 8.35. The van der Waals surface area contributed by atoms with Gasteiger partial charge in [0, 0.05) is 25.3 Å². The van der Waals surface area contributed by atoms with E-state index in [0.717, 1.165) is 0 Å². The summed E-state index contributed by atoms with van der Waals surface area (Å²) < 4.78 is 6.12. The van der Waals surface area contributed by atoms with Crippen molar-refractivity contribution in [2.45, 2.75) is 46.6 Å². The Labute approximate surface area is 167 Å². The van der Waals surface area contributed by atoms with Gasteiger partial charge in [-0.1, -0.05) is 20.8 Å². The van der Waals surface area contributed by atoms with Crippen LogP contribution in [0.5, 0.6) is 0 Å². The average Bonchev–Trinajstić information content (AvgIpc) is 2.67. The number of H-pyrrole nitrogens is 1. The van der Waals surface area contributed by atoms with Gasteiger partial charge in [0.25, 0.3) is 11.5 Å². The minimum atomic E-state index is -0.657. The zero-order valence-electron chi connectivity index (χ0n) is 17.1. The van der Waals surface area contributed by atoms with Gasteiger partial charge in [0.05, 0.1) is 17.6 Å². The van der Waals surface area contributed by atoms with E-state index >= 15 is 0 Å². The van der Waals surface area contributed by atoms with E-state index < -0.39 is 23.2 Å². The molecule has 0 aliphatic heterocycles. The Bertz CT molecular complexity index is 1010. The number of nitrogens with one attached hydrogen (secondary N) is 3. The standard InChI is InChI=1S/C19H27N5O5/c1-5-9-24-15-14(17(26)23-18(24)27)12(10-13(22-15)11(3)4)16(25)20-7-8-21-19(28)29-6-2/h10-11H,5-9H2,1-4H3,(H,20,25)(H,21,28)(H,23,26,27). The van der Waals surface area contributed by atoms with Crippen molar-refractivity contribution >= 4 is 23.0 Å². The number of carbonyl (C=O) groups is 2. The van der Waals surface area contributed by atoms with Crippen LogP contribution in [0.4, 0.5) is 4.79 Å². The predicted octanol–water partition coefficient (Wildman–Crippen LogP) is 1.09. The maximum Gasteiger partial charge on any atom is 0.407 e. The first-order valence-electron chi connectivity index (χ1n) is 9.66. The summed E-state index contributed by atoms with van der Waals surface area (Å²) in [7, 11) is 0. The number of aromatic amines is 1. The number of alkyl carbamates (subject to hydrolysis) is 1. The zero-order valence-corrected chi connectivity index (χ0v) is 17.1. The molecule has 0 aromatic carbocycles. The quantitative estimate of drug-likeness (QED) is 0.563. The lowest BCUT2D eigenvalue weighted by Crippen LogP contribution is -2.36. The van der Waals surface area contributed by atoms with Crippen LogP contribution in [0.25, 0.3) is 11.0 Å². The van der Waals surface area contributed by atoms with E-state index in [-0.39, 0.29) is 42.2 Å². The molecule has 158 valence electrons. The lowest BCUT2D eigenvalue weighted by atomic mass is 10.0. The smallest absolute Gasteiger partial charge is 0.407 e. The molecule has 0 unspecified atom stereocenters. The number of aromatic nitrogens is 3. The fourth-order valence-electron chi connectivity index (χ4n) is 2.82. The molecule has 0 bridgehead atoms. The highest BCUT2D eigenvalue weighted by Crippen LogP contribution is 2.19. The minimum absolute atomic E-state index is 0.0131. The van der Waals surface area contributed by atoms with E-state index in [1.54, 1.807) is 13.0 Å². The third-order valence-electron chi connectivity index (χ3n) is 4.21. The number of aryl methyl sites for hydroxylation is 1. The third kappa shape index (κ3) is 5.21. The Kier molecular flexibility index (Phi) is 7.52. The fraction of sp³-hybridized carbons (Fsp3) is 0.526. The van der Waals surface area contributed by atoms with E-state index in [1.165, 1.54) is 4.57 Å². The number of hydrogen-bond acceptors (Lipinski definition) is 6. The Morgan fingerprint density at radius 1 is 1.21 bits per heavy atom. The predicted molar refractivity (Wildman–Crippen MR) is 108 cm³/mol. The Balaban J connectivity index is 2.42. The number of rotatable bonds is 8. The molecule has 0 atom stereocenters. The molecule has 0 saturated carbocycles. The summed E-state index contributed by atoms with van der Waals surface area (Å²) in [5.74, 6) is -0.502. The SMILES string of the molecule is CCCn1c(=O)[nH]c(=O)c2c(C(=O)NCCNC(=O)OCC)cc(C(C)C)nc21. The second-order valence-electron chi connectivity index (χ2n) is 6.76. The summed E-state index contributed by atoms with van der Waals surface area (Å²) in [6.07, 6.45) is 0.0913. The Morgan fingerprint density at radius 3 is 2.52 bits per heavy atom. The molecule has 10 heteroatoms. The first-order chi connectivity index (χ1) is 13.8. The van der Waals surface area contributed by atoms with E-state index in [2.05, 4.69) is 20.6 Å². The van der Waals surface area contributed by atoms with E-state index in [9.17, 15) is 19.2 Å². The second kappa shape index (κ2) is 9.85. The molecule has 0 saturated heterocycles. The fourth-order valence-corrected chi connectivity index (χ4v) is 2.82. The zero-order chi connectivity index (χ0) is 21.6. The van der Waals surface area contributed by atoms with Crippen molar-refractivity contribution in [3.8, 4) is 0 Å². The van der Waals surface area contributed by atoms with Gasteiger partial charge in [-0.15, -0.1) is 0 Å². The van der Waals surface area contributed by atoms with E-state index in [4.69, 9.17) is 4.74 Å². The summed E-state index contributed by atoms with van der Waals surface area (Å²) >= 11 is 0. The number of pyridine rings is 1. The normalized spacial score (nSPS) is 10.9. The van der Waals surface area contributed by atoms with E-state index in [0.29, 0.717) is 18.7 Å². The maximum atomic E-state index is 12.8. The highest BCUT2D eigenvalue weighted by atomic mass is 16.5. The molecule has 0 radical (unpaired) electrons. The molecule has 29 heavy (non-hydrogen) atoms. The molecule has 10 nitrogen and oxygen atoms in total. The third-order valence-corrected chi connectivity index (χ3v) is 4.21. The molecule has 2 rings (SSSR count). The van der Waals surface area contributed by atoms with Crippen molar-refractivity contribution in [2.24, 2.45) is 0 Å². The van der Waals surface area contributed by atoms with Crippen LogP contribution in [0.2, 0.25) is 0 Å². The van der Waals surface area contributed by atoms with Crippen LogP contribution in [0.1, 0.15) is 56.1 Å². The first-order valence-corrected chi connectivity index (χ1v) is 9.66. The van der Waals surface area contributed by atoms with Gasteiger partial charge >= 0.3 is 11.8 Å². The second-order valence-corrected chi connectivity index (χ2v) is 6.76. The molecule has 2 amide bonds. The van der Waals surface area contributed by atoms with Crippen molar-refractivity contribution in [3.05, 3.63) is 38.2 Å². The topological polar surface area (TPSA) is 135 Å². The monoisotopic (exact) mass is 405 g/mol. The van der Waals surface area contributed by atoms with Crippen molar-refractivity contribution in [3.63, 3.8) is 0 Å². The van der Waals surface area contributed by atoms with Gasteiger partial charge in [-0.25, -0.2) is 14.6 Å². The van der Waals surface area contributed by atoms with Gasteiger partial charge in [-0.2, -0.15) is 0 Å². The molecule has 3 N–H and O–H groups in total. The lowest BCUT2D eigenvalue weighted by molar-refractivity contribution is 0.0953. The number of amides is 2.